The maximum atomic E-state index is 11.0. The molecule has 2 amide bonds. The van der Waals surface area contributed by atoms with E-state index in [-0.39, 0.29) is 10.8 Å². The van der Waals surface area contributed by atoms with Gasteiger partial charge in [-0.25, -0.2) is 4.79 Å². The van der Waals surface area contributed by atoms with Gasteiger partial charge >= 0.3 is 6.03 Å². The van der Waals surface area contributed by atoms with Crippen LogP contribution in [0, 0.1) is 0 Å². The molecule has 0 rings (SSSR count). The van der Waals surface area contributed by atoms with Crippen LogP contribution in [0.5, 0.6) is 0 Å². The molecule has 4 heteroatoms. The molecule has 0 aromatic carbocycles. The Morgan fingerprint density at radius 3 is 2.42 bits per heavy atom. The third kappa shape index (κ3) is 5.29. The molecule has 12 heavy (non-hydrogen) atoms. The molecule has 0 atom stereocenters. The molecule has 0 aliphatic rings. The summed E-state index contributed by atoms with van der Waals surface area (Å²) < 4.78 is 0.116. The molecule has 0 bridgehead atoms. The highest BCUT2D eigenvalue weighted by molar-refractivity contribution is 7.99. The molecule has 0 radical (unpaired) electrons. The predicted molar refractivity (Wildman–Crippen MR) is 54.7 cm³/mol. The third-order valence-corrected chi connectivity index (χ3v) is 2.81. The van der Waals surface area contributed by atoms with E-state index in [1.807, 2.05) is 13.2 Å². The lowest BCUT2D eigenvalue weighted by molar-refractivity contribution is 0.240. The van der Waals surface area contributed by atoms with Crippen molar-refractivity contribution in [1.29, 1.82) is 0 Å². The van der Waals surface area contributed by atoms with Crippen molar-refractivity contribution in [2.45, 2.75) is 25.5 Å². The molecule has 0 aromatic rings. The molecule has 3 nitrogen and oxygen atoms in total. The maximum Gasteiger partial charge on any atom is 0.314 e. The number of urea groups is 1. The Hall–Kier alpha value is -0.380. The number of hydrogen-bond acceptors (Lipinski definition) is 2. The number of carbonyl (C=O) groups is 1. The highest BCUT2D eigenvalue weighted by Crippen LogP contribution is 2.19. The van der Waals surface area contributed by atoms with E-state index >= 15 is 0 Å². The summed E-state index contributed by atoms with van der Waals surface area (Å²) in [6.07, 6.45) is 2.04. The summed E-state index contributed by atoms with van der Waals surface area (Å²) in [6.45, 7) is 7.47. The summed E-state index contributed by atoms with van der Waals surface area (Å²) >= 11 is 1.74. The van der Waals surface area contributed by atoms with E-state index in [9.17, 15) is 4.79 Å². The summed E-state index contributed by atoms with van der Waals surface area (Å²) in [7, 11) is 0. The molecule has 0 saturated carbocycles. The number of carbonyl (C=O) groups excluding carboxylic acids is 1. The van der Waals surface area contributed by atoms with Crippen LogP contribution in [0.25, 0.3) is 0 Å². The van der Waals surface area contributed by atoms with Crippen LogP contribution in [-0.2, 0) is 0 Å². The molecule has 0 spiro atoms. The smallest absolute Gasteiger partial charge is 0.314 e. The van der Waals surface area contributed by atoms with Crippen LogP contribution in [0.3, 0.4) is 0 Å². The quantitative estimate of drug-likeness (QED) is 0.704. The third-order valence-electron chi connectivity index (χ3n) is 1.56. The number of rotatable bonds is 4. The zero-order chi connectivity index (χ0) is 9.61. The predicted octanol–water partition coefficient (Wildman–Crippen LogP) is 1.45. The molecule has 0 fully saturated rings. The van der Waals surface area contributed by atoms with E-state index in [0.717, 1.165) is 0 Å². The standard InChI is InChI=1S/C8H18N2OS/c1-5-9-7(11)10-6-8(2,3)12-4/h5-6H2,1-4H3,(H2,9,10,11). The van der Waals surface area contributed by atoms with Crippen molar-refractivity contribution in [3.63, 3.8) is 0 Å². The number of thioether (sulfide) groups is 1. The molecule has 2 N–H and O–H groups in total. The minimum absolute atomic E-state index is 0.0837. The lowest BCUT2D eigenvalue weighted by Crippen LogP contribution is -2.41. The Bertz CT molecular complexity index is 148. The highest BCUT2D eigenvalue weighted by Gasteiger charge is 2.16. The van der Waals surface area contributed by atoms with E-state index < -0.39 is 0 Å². The highest BCUT2D eigenvalue weighted by atomic mass is 32.2. The van der Waals surface area contributed by atoms with Crippen molar-refractivity contribution in [2.75, 3.05) is 19.3 Å². The van der Waals surface area contributed by atoms with E-state index in [1.54, 1.807) is 11.8 Å². The van der Waals surface area contributed by atoms with E-state index in [0.29, 0.717) is 13.1 Å². The Morgan fingerprint density at radius 2 is 2.00 bits per heavy atom. The van der Waals surface area contributed by atoms with Gasteiger partial charge in [0.1, 0.15) is 0 Å². The molecule has 72 valence electrons. The number of hydrogen-bond donors (Lipinski definition) is 2. The zero-order valence-electron chi connectivity index (χ0n) is 8.23. The average molecular weight is 190 g/mol. The van der Waals surface area contributed by atoms with Crippen molar-refractivity contribution in [3.05, 3.63) is 0 Å². The molecule has 0 heterocycles. The van der Waals surface area contributed by atoms with Crippen molar-refractivity contribution < 1.29 is 4.79 Å². The second-order valence-corrected chi connectivity index (χ2v) is 4.69. The Morgan fingerprint density at radius 1 is 1.42 bits per heavy atom. The van der Waals surface area contributed by atoms with E-state index in [2.05, 4.69) is 24.5 Å². The fraction of sp³-hybridized carbons (Fsp3) is 0.875. The molecular formula is C8H18N2OS. The fourth-order valence-corrected chi connectivity index (χ4v) is 0.805. The molecule has 0 aromatic heterocycles. The zero-order valence-corrected chi connectivity index (χ0v) is 9.05. The lowest BCUT2D eigenvalue weighted by Gasteiger charge is -2.22. The van der Waals surface area contributed by atoms with Crippen LogP contribution in [0.15, 0.2) is 0 Å². The van der Waals surface area contributed by atoms with Gasteiger partial charge in [-0.3, -0.25) is 0 Å². The SMILES string of the molecule is CCNC(=O)NCC(C)(C)SC. The summed E-state index contributed by atoms with van der Waals surface area (Å²) in [5.74, 6) is 0. The van der Waals surface area contributed by atoms with Crippen LogP contribution < -0.4 is 10.6 Å². The monoisotopic (exact) mass is 190 g/mol. The first kappa shape index (κ1) is 11.6. The van der Waals surface area contributed by atoms with Gasteiger partial charge in [0.05, 0.1) is 0 Å². The van der Waals surface area contributed by atoms with Crippen LogP contribution in [-0.4, -0.2) is 30.1 Å². The van der Waals surface area contributed by atoms with Gasteiger partial charge in [-0.2, -0.15) is 11.8 Å². The molecule has 0 aliphatic carbocycles. The van der Waals surface area contributed by atoms with Crippen LogP contribution in [0.2, 0.25) is 0 Å². The summed E-state index contributed by atoms with van der Waals surface area (Å²) in [6, 6.07) is -0.0837. The Kier molecular flexibility index (Phi) is 5.13. The van der Waals surface area contributed by atoms with Crippen LogP contribution >= 0.6 is 11.8 Å². The van der Waals surface area contributed by atoms with E-state index in [1.165, 1.54) is 0 Å². The van der Waals surface area contributed by atoms with Gasteiger partial charge in [0, 0.05) is 17.8 Å². The van der Waals surface area contributed by atoms with Crippen molar-refractivity contribution >= 4 is 17.8 Å². The summed E-state index contributed by atoms with van der Waals surface area (Å²) in [5, 5.41) is 5.49. The normalized spacial score (nSPS) is 11.0. The number of amides is 2. The Labute approximate surface area is 78.7 Å². The van der Waals surface area contributed by atoms with Gasteiger partial charge in [0.2, 0.25) is 0 Å². The van der Waals surface area contributed by atoms with E-state index in [4.69, 9.17) is 0 Å². The summed E-state index contributed by atoms with van der Waals surface area (Å²) in [5.41, 5.74) is 0. The summed E-state index contributed by atoms with van der Waals surface area (Å²) in [4.78, 5) is 11.0. The molecule has 0 aliphatic heterocycles. The van der Waals surface area contributed by atoms with Crippen LogP contribution in [0.4, 0.5) is 4.79 Å². The molecular weight excluding hydrogens is 172 g/mol. The second kappa shape index (κ2) is 5.30. The minimum Gasteiger partial charge on any atom is -0.338 e. The fourth-order valence-electron chi connectivity index (χ4n) is 0.588. The van der Waals surface area contributed by atoms with Crippen molar-refractivity contribution in [1.82, 2.24) is 10.6 Å². The van der Waals surface area contributed by atoms with Crippen LogP contribution in [0.1, 0.15) is 20.8 Å². The first-order chi connectivity index (χ1) is 5.52. The van der Waals surface area contributed by atoms with Gasteiger partial charge in [0.25, 0.3) is 0 Å². The maximum absolute atomic E-state index is 11.0. The van der Waals surface area contributed by atoms with Gasteiger partial charge in [-0.1, -0.05) is 0 Å². The van der Waals surface area contributed by atoms with Gasteiger partial charge in [0.15, 0.2) is 0 Å². The van der Waals surface area contributed by atoms with Crippen molar-refractivity contribution in [3.8, 4) is 0 Å². The molecule has 0 saturated heterocycles. The Balaban J connectivity index is 3.60. The minimum atomic E-state index is -0.0837. The van der Waals surface area contributed by atoms with Gasteiger partial charge in [-0.05, 0) is 27.0 Å². The van der Waals surface area contributed by atoms with Gasteiger partial charge < -0.3 is 10.6 Å². The average Bonchev–Trinajstić information content (AvgIpc) is 2.02. The molecule has 0 unspecified atom stereocenters. The first-order valence-electron chi connectivity index (χ1n) is 4.08. The topological polar surface area (TPSA) is 41.1 Å². The lowest BCUT2D eigenvalue weighted by atomic mass is 10.2. The van der Waals surface area contributed by atoms with Crippen molar-refractivity contribution in [2.24, 2.45) is 0 Å². The first-order valence-corrected chi connectivity index (χ1v) is 5.31. The van der Waals surface area contributed by atoms with Gasteiger partial charge in [-0.15, -0.1) is 0 Å². The second-order valence-electron chi connectivity index (χ2n) is 3.18. The largest absolute Gasteiger partial charge is 0.338 e. The number of nitrogens with one attached hydrogen (secondary N) is 2.